The van der Waals surface area contributed by atoms with Gasteiger partial charge in [0.15, 0.2) is 4.60 Å². The molecule has 0 radical (unpaired) electrons. The van der Waals surface area contributed by atoms with Crippen LogP contribution in [0.15, 0.2) is 9.63 Å². The van der Waals surface area contributed by atoms with Crippen molar-refractivity contribution >= 4 is 26.0 Å². The summed E-state index contributed by atoms with van der Waals surface area (Å²) >= 11 is 3.15. The number of sulfonamides is 1. The van der Waals surface area contributed by atoms with Crippen LogP contribution in [0.2, 0.25) is 0 Å². The van der Waals surface area contributed by atoms with Crippen LogP contribution in [0, 0.1) is 0 Å². The molecule has 0 aromatic carbocycles. The Morgan fingerprint density at radius 2 is 1.70 bits per heavy atom. The normalized spacial score (nSPS) is 19.4. The van der Waals surface area contributed by atoms with E-state index in [1.54, 1.807) is 7.05 Å². The molecular weight excluding hydrogens is 346 g/mol. The Hall–Kier alpha value is -0.510. The maximum Gasteiger partial charge on any atom is 0.263 e. The molecule has 0 atom stereocenters. The SMILES string of the molecule is Cn1nnc(Br)c1S(=O)(=O)N1CCN(C(C)(C)C)CC1. The number of aryl methyl sites for hydroxylation is 1. The highest BCUT2D eigenvalue weighted by molar-refractivity contribution is 9.10. The minimum absolute atomic E-state index is 0.0600. The summed E-state index contributed by atoms with van der Waals surface area (Å²) in [6.45, 7) is 8.84. The zero-order valence-corrected chi connectivity index (χ0v) is 14.6. The summed E-state index contributed by atoms with van der Waals surface area (Å²) in [5, 5.41) is 7.59. The number of piperazine rings is 1. The fraction of sp³-hybridized carbons (Fsp3) is 0.818. The van der Waals surface area contributed by atoms with Gasteiger partial charge in [-0.1, -0.05) is 5.21 Å². The van der Waals surface area contributed by atoms with Gasteiger partial charge in [-0.25, -0.2) is 13.1 Å². The summed E-state index contributed by atoms with van der Waals surface area (Å²) < 4.78 is 28.3. The first kappa shape index (κ1) is 15.9. The van der Waals surface area contributed by atoms with Crippen molar-refractivity contribution in [3.05, 3.63) is 4.60 Å². The molecule has 1 saturated heterocycles. The van der Waals surface area contributed by atoms with Crippen molar-refractivity contribution in [3.63, 3.8) is 0 Å². The summed E-state index contributed by atoms with van der Waals surface area (Å²) in [4.78, 5) is 2.29. The van der Waals surface area contributed by atoms with E-state index >= 15 is 0 Å². The molecule has 20 heavy (non-hydrogen) atoms. The van der Waals surface area contributed by atoms with Gasteiger partial charge in [-0.2, -0.15) is 4.31 Å². The first-order valence-corrected chi connectivity index (χ1v) is 8.68. The number of nitrogens with zero attached hydrogens (tertiary/aromatic N) is 5. The highest BCUT2D eigenvalue weighted by atomic mass is 79.9. The Labute approximate surface area is 128 Å². The molecule has 0 aliphatic carbocycles. The number of aromatic nitrogens is 3. The van der Waals surface area contributed by atoms with Gasteiger partial charge in [0.05, 0.1) is 0 Å². The summed E-state index contributed by atoms with van der Waals surface area (Å²) in [5.41, 5.74) is 0.0600. The molecule has 1 aromatic heterocycles. The van der Waals surface area contributed by atoms with E-state index in [4.69, 9.17) is 0 Å². The lowest BCUT2D eigenvalue weighted by atomic mass is 10.1. The van der Waals surface area contributed by atoms with Crippen LogP contribution in [-0.4, -0.2) is 64.3 Å². The van der Waals surface area contributed by atoms with Gasteiger partial charge in [-0.15, -0.1) is 5.10 Å². The molecule has 0 spiro atoms. The molecule has 1 aliphatic heterocycles. The number of halogens is 1. The lowest BCUT2D eigenvalue weighted by molar-refractivity contribution is 0.0920. The monoisotopic (exact) mass is 365 g/mol. The first-order chi connectivity index (χ1) is 9.14. The second-order valence-corrected chi connectivity index (χ2v) is 8.48. The van der Waals surface area contributed by atoms with Crippen LogP contribution in [0.4, 0.5) is 0 Å². The average Bonchev–Trinajstić information content (AvgIpc) is 2.68. The molecule has 1 aliphatic rings. The van der Waals surface area contributed by atoms with E-state index in [1.165, 1.54) is 8.99 Å². The largest absolute Gasteiger partial charge is 0.296 e. The average molecular weight is 366 g/mol. The Bertz CT molecular complexity index is 565. The molecule has 114 valence electrons. The Morgan fingerprint density at radius 3 is 2.10 bits per heavy atom. The van der Waals surface area contributed by atoms with E-state index < -0.39 is 10.0 Å². The minimum Gasteiger partial charge on any atom is -0.296 e. The van der Waals surface area contributed by atoms with Gasteiger partial charge in [0, 0.05) is 38.8 Å². The molecule has 0 N–H and O–H groups in total. The van der Waals surface area contributed by atoms with Gasteiger partial charge < -0.3 is 0 Å². The molecule has 2 rings (SSSR count). The van der Waals surface area contributed by atoms with Gasteiger partial charge in [-0.3, -0.25) is 4.90 Å². The second kappa shape index (κ2) is 5.36. The van der Waals surface area contributed by atoms with Gasteiger partial charge in [0.25, 0.3) is 10.0 Å². The predicted octanol–water partition coefficient (Wildman–Crippen LogP) is 0.682. The summed E-state index contributed by atoms with van der Waals surface area (Å²) in [6.07, 6.45) is 0. The van der Waals surface area contributed by atoms with Gasteiger partial charge >= 0.3 is 0 Å². The van der Waals surface area contributed by atoms with Crippen LogP contribution >= 0.6 is 15.9 Å². The molecule has 0 saturated carbocycles. The topological polar surface area (TPSA) is 71.3 Å². The van der Waals surface area contributed by atoms with E-state index in [0.29, 0.717) is 13.1 Å². The van der Waals surface area contributed by atoms with Gasteiger partial charge in [0.1, 0.15) is 0 Å². The van der Waals surface area contributed by atoms with Crippen molar-refractivity contribution in [3.8, 4) is 0 Å². The maximum absolute atomic E-state index is 12.6. The minimum atomic E-state index is -3.55. The molecule has 0 unspecified atom stereocenters. The first-order valence-electron chi connectivity index (χ1n) is 6.44. The molecule has 1 fully saturated rings. The van der Waals surface area contributed by atoms with Crippen LogP contribution in [0.1, 0.15) is 20.8 Å². The van der Waals surface area contributed by atoms with E-state index in [2.05, 4.69) is 51.9 Å². The molecule has 1 aromatic rings. The lowest BCUT2D eigenvalue weighted by Crippen LogP contribution is -2.54. The van der Waals surface area contributed by atoms with Crippen molar-refractivity contribution in [2.24, 2.45) is 7.05 Å². The lowest BCUT2D eigenvalue weighted by Gasteiger charge is -2.41. The van der Waals surface area contributed by atoms with Crippen LogP contribution in [0.25, 0.3) is 0 Å². The smallest absolute Gasteiger partial charge is 0.263 e. The highest BCUT2D eigenvalue weighted by Gasteiger charge is 2.35. The van der Waals surface area contributed by atoms with E-state index in [9.17, 15) is 8.42 Å². The third kappa shape index (κ3) is 2.90. The summed E-state index contributed by atoms with van der Waals surface area (Å²) in [6, 6.07) is 0. The molecule has 0 amide bonds. The molecule has 9 heteroatoms. The van der Waals surface area contributed by atoms with E-state index in [0.717, 1.165) is 13.1 Å². The molecule has 7 nitrogen and oxygen atoms in total. The summed E-state index contributed by atoms with van der Waals surface area (Å²) in [7, 11) is -1.97. The molecule has 2 heterocycles. The third-order valence-corrected chi connectivity index (χ3v) is 6.30. The van der Waals surface area contributed by atoms with Crippen LogP contribution in [-0.2, 0) is 17.1 Å². The fourth-order valence-electron chi connectivity index (χ4n) is 2.32. The predicted molar refractivity (Wildman–Crippen MR) is 78.8 cm³/mol. The van der Waals surface area contributed by atoms with Gasteiger partial charge in [-0.05, 0) is 36.7 Å². The van der Waals surface area contributed by atoms with Crippen LogP contribution in [0.5, 0.6) is 0 Å². The zero-order chi connectivity index (χ0) is 15.1. The zero-order valence-electron chi connectivity index (χ0n) is 12.2. The Morgan fingerprint density at radius 1 is 1.15 bits per heavy atom. The van der Waals surface area contributed by atoms with Crippen molar-refractivity contribution in [1.29, 1.82) is 0 Å². The number of rotatable bonds is 2. The fourth-order valence-corrected chi connectivity index (χ4v) is 4.77. The van der Waals surface area contributed by atoms with Crippen molar-refractivity contribution in [2.45, 2.75) is 31.3 Å². The second-order valence-electron chi connectivity index (χ2n) is 5.87. The van der Waals surface area contributed by atoms with E-state index in [1.807, 2.05) is 0 Å². The maximum atomic E-state index is 12.6. The van der Waals surface area contributed by atoms with Crippen LogP contribution in [0.3, 0.4) is 0 Å². The van der Waals surface area contributed by atoms with Crippen molar-refractivity contribution in [2.75, 3.05) is 26.2 Å². The standard InChI is InChI=1S/C11H20BrN5O2S/c1-11(2,3)16-5-7-17(8-6-16)20(18,19)10-9(12)13-14-15(10)4/h5-8H2,1-4H3. The van der Waals surface area contributed by atoms with Crippen molar-refractivity contribution in [1.82, 2.24) is 24.2 Å². The molecular formula is C11H20BrN5O2S. The van der Waals surface area contributed by atoms with Gasteiger partial charge in [0.2, 0.25) is 5.03 Å². The third-order valence-electron chi connectivity index (χ3n) is 3.51. The van der Waals surface area contributed by atoms with E-state index in [-0.39, 0.29) is 15.2 Å². The molecule has 0 bridgehead atoms. The summed E-state index contributed by atoms with van der Waals surface area (Å²) in [5.74, 6) is 0. The Balaban J connectivity index is 2.18. The van der Waals surface area contributed by atoms with Crippen LogP contribution < -0.4 is 0 Å². The Kier molecular flexibility index (Phi) is 4.25. The quantitative estimate of drug-likeness (QED) is 0.770. The number of hydrogen-bond donors (Lipinski definition) is 0. The van der Waals surface area contributed by atoms with Crippen molar-refractivity contribution < 1.29 is 8.42 Å². The number of hydrogen-bond acceptors (Lipinski definition) is 5. The highest BCUT2D eigenvalue weighted by Crippen LogP contribution is 2.24.